The van der Waals surface area contributed by atoms with Crippen LogP contribution in [0.5, 0.6) is 0 Å². The smallest absolute Gasteiger partial charge is 0.386 e. The van der Waals surface area contributed by atoms with E-state index in [1.807, 2.05) is 0 Å². The molecule has 0 saturated carbocycles. The second-order valence-corrected chi connectivity index (χ2v) is 12.9. The van der Waals surface area contributed by atoms with Crippen molar-refractivity contribution < 1.29 is 56.7 Å². The highest BCUT2D eigenvalue weighted by molar-refractivity contribution is 7.47. The van der Waals surface area contributed by atoms with E-state index in [1.165, 1.54) is 21.8 Å². The van der Waals surface area contributed by atoms with E-state index >= 15 is 0 Å². The minimum atomic E-state index is -4.91. The minimum Gasteiger partial charge on any atom is -0.386 e. The van der Waals surface area contributed by atoms with E-state index in [2.05, 4.69) is 9.97 Å². The first-order valence-electron chi connectivity index (χ1n) is 12.9. The van der Waals surface area contributed by atoms with Crippen molar-refractivity contribution in [3.8, 4) is 0 Å². The number of para-hydroxylation sites is 4. The number of nitrogens with zero attached hydrogens (tertiary/aromatic N) is 4. The van der Waals surface area contributed by atoms with Crippen LogP contribution in [0.4, 0.5) is 0 Å². The molecule has 224 valence electrons. The Balaban J connectivity index is 1.16. The molecule has 5 heterocycles. The Hall–Kier alpha value is -2.56. The maximum atomic E-state index is 13.1. The van der Waals surface area contributed by atoms with Gasteiger partial charge < -0.3 is 38.6 Å². The number of hydrogen-bond donors (Lipinski definition) is 4. The lowest BCUT2D eigenvalue weighted by molar-refractivity contribution is -0.0662. The zero-order valence-electron chi connectivity index (χ0n) is 21.5. The quantitative estimate of drug-likeness (QED) is 0.234. The number of aliphatic hydroxyl groups excluding tert-OH is 2. The van der Waals surface area contributed by atoms with Crippen LogP contribution >= 0.6 is 15.6 Å². The van der Waals surface area contributed by atoms with Crippen LogP contribution in [0.2, 0.25) is 0 Å². The summed E-state index contributed by atoms with van der Waals surface area (Å²) in [4.78, 5) is 29.7. The standard InChI is InChI=1S/C24H26N4O12P2/c29-19-21-17(37-23(19)27-11-25-13-5-1-3-7-15(13)27)9-35-42(33,34)40-22-18(10-36-41(31,32)39-21)38-24(20(22)30)28-12-26-14-6-2-4-8-16(14)28/h1-8,11-12,17-24,29-30H,9-10H2,(H,31,32)(H,33,34)/t17-,18-,19+,20?,21?,22+,23-,24-/m1/s1. The summed E-state index contributed by atoms with van der Waals surface area (Å²) in [6.07, 6.45) is -8.25. The van der Waals surface area contributed by atoms with Gasteiger partial charge in [-0.15, -0.1) is 0 Å². The lowest BCUT2D eigenvalue weighted by atomic mass is 10.1. The Labute approximate surface area is 237 Å². The maximum absolute atomic E-state index is 13.1. The first-order valence-corrected chi connectivity index (χ1v) is 15.9. The third kappa shape index (κ3) is 5.03. The second kappa shape index (κ2) is 10.6. The van der Waals surface area contributed by atoms with Gasteiger partial charge in [0, 0.05) is 0 Å². The number of ether oxygens (including phenoxy) is 2. The zero-order chi connectivity index (χ0) is 29.2. The second-order valence-electron chi connectivity index (χ2n) is 10.1. The van der Waals surface area contributed by atoms with Crippen LogP contribution in [0, 0.1) is 0 Å². The molecule has 2 aromatic heterocycles. The largest absolute Gasteiger partial charge is 0.472 e. The van der Waals surface area contributed by atoms with Crippen molar-refractivity contribution in [2.45, 2.75) is 49.1 Å². The fourth-order valence-corrected chi connectivity index (χ4v) is 7.42. The molecule has 0 spiro atoms. The van der Waals surface area contributed by atoms with Gasteiger partial charge in [-0.1, -0.05) is 24.3 Å². The van der Waals surface area contributed by atoms with Crippen LogP contribution in [0.25, 0.3) is 22.1 Å². The van der Waals surface area contributed by atoms with Crippen LogP contribution in [0.3, 0.4) is 0 Å². The summed E-state index contributed by atoms with van der Waals surface area (Å²) < 4.78 is 62.0. The number of fused-ring (bicyclic) bond motifs is 4. The maximum Gasteiger partial charge on any atom is 0.472 e. The van der Waals surface area contributed by atoms with E-state index < -0.39 is 77.9 Å². The molecule has 16 nitrogen and oxygen atoms in total. The topological polar surface area (TPSA) is 206 Å². The van der Waals surface area contributed by atoms with Crippen molar-refractivity contribution in [1.82, 2.24) is 19.1 Å². The number of imidazole rings is 2. The zero-order valence-corrected chi connectivity index (χ0v) is 23.3. The first-order chi connectivity index (χ1) is 20.1. The van der Waals surface area contributed by atoms with Gasteiger partial charge in [0.2, 0.25) is 0 Å². The summed E-state index contributed by atoms with van der Waals surface area (Å²) in [5, 5.41) is 22.2. The Morgan fingerprint density at radius 2 is 1.10 bits per heavy atom. The molecule has 42 heavy (non-hydrogen) atoms. The predicted molar refractivity (Wildman–Crippen MR) is 141 cm³/mol. The average molecular weight is 624 g/mol. The van der Waals surface area contributed by atoms with Crippen molar-refractivity contribution in [3.63, 3.8) is 0 Å². The summed E-state index contributed by atoms with van der Waals surface area (Å²) in [5.41, 5.74) is 2.40. The number of hydrogen-bond acceptors (Lipinski definition) is 12. The Kier molecular flexibility index (Phi) is 7.09. The van der Waals surface area contributed by atoms with Gasteiger partial charge in [-0.05, 0) is 24.3 Å². The third-order valence-corrected chi connectivity index (χ3v) is 9.41. The Bertz CT molecular complexity index is 1590. The number of aliphatic hydroxyl groups is 2. The van der Waals surface area contributed by atoms with Gasteiger partial charge >= 0.3 is 15.6 Å². The number of aromatic nitrogens is 4. The van der Waals surface area contributed by atoms with Crippen LogP contribution in [-0.2, 0) is 36.7 Å². The molecule has 0 bridgehead atoms. The molecule has 4 unspecified atom stereocenters. The van der Waals surface area contributed by atoms with E-state index in [-0.39, 0.29) is 0 Å². The molecule has 2 aromatic carbocycles. The molecule has 4 N–H and O–H groups in total. The van der Waals surface area contributed by atoms with E-state index in [0.717, 1.165) is 0 Å². The molecule has 0 amide bonds. The van der Waals surface area contributed by atoms with Crippen molar-refractivity contribution in [3.05, 3.63) is 61.2 Å². The van der Waals surface area contributed by atoms with Crippen molar-refractivity contribution in [1.29, 1.82) is 0 Å². The van der Waals surface area contributed by atoms with Crippen molar-refractivity contribution in [2.75, 3.05) is 13.2 Å². The molecule has 3 fully saturated rings. The van der Waals surface area contributed by atoms with Crippen LogP contribution in [0.1, 0.15) is 12.5 Å². The van der Waals surface area contributed by atoms with Gasteiger partial charge in [0.25, 0.3) is 0 Å². The molecule has 3 aliphatic rings. The monoisotopic (exact) mass is 624 g/mol. The van der Waals surface area contributed by atoms with Crippen LogP contribution < -0.4 is 0 Å². The van der Waals surface area contributed by atoms with Crippen molar-refractivity contribution in [2.24, 2.45) is 0 Å². The average Bonchev–Trinajstić information content (AvgIpc) is 3.71. The number of benzene rings is 2. The van der Waals surface area contributed by atoms with Gasteiger partial charge in [0.1, 0.15) is 36.6 Å². The third-order valence-electron chi connectivity index (χ3n) is 7.44. The summed E-state index contributed by atoms with van der Waals surface area (Å²) >= 11 is 0. The number of phosphoric acid groups is 2. The summed E-state index contributed by atoms with van der Waals surface area (Å²) in [7, 11) is -9.81. The summed E-state index contributed by atoms with van der Waals surface area (Å²) in [6.45, 7) is -1.38. The lowest BCUT2D eigenvalue weighted by Crippen LogP contribution is -2.39. The minimum absolute atomic E-state index is 0.596. The fraction of sp³-hybridized carbons (Fsp3) is 0.417. The molecule has 4 aromatic rings. The van der Waals surface area contributed by atoms with Gasteiger partial charge in [-0.25, -0.2) is 19.1 Å². The summed E-state index contributed by atoms with van der Waals surface area (Å²) in [5.74, 6) is 0. The van der Waals surface area contributed by atoms with Gasteiger partial charge in [-0.2, -0.15) is 0 Å². The number of rotatable bonds is 2. The molecular weight excluding hydrogens is 598 g/mol. The van der Waals surface area contributed by atoms with Gasteiger partial charge in [0.05, 0.1) is 47.9 Å². The molecule has 10 atom stereocenters. The van der Waals surface area contributed by atoms with E-state index in [4.69, 9.17) is 27.6 Å². The molecule has 0 radical (unpaired) electrons. The Morgan fingerprint density at radius 3 is 1.52 bits per heavy atom. The van der Waals surface area contributed by atoms with Crippen LogP contribution in [0.15, 0.2) is 61.2 Å². The highest BCUT2D eigenvalue weighted by Crippen LogP contribution is 2.53. The molecule has 18 heteroatoms. The molecule has 7 rings (SSSR count). The predicted octanol–water partition coefficient (Wildman–Crippen LogP) is 1.62. The van der Waals surface area contributed by atoms with Crippen LogP contribution in [-0.4, -0.2) is 88.9 Å². The van der Waals surface area contributed by atoms with Gasteiger partial charge in [0.15, 0.2) is 12.5 Å². The molecule has 3 aliphatic heterocycles. The van der Waals surface area contributed by atoms with Gasteiger partial charge in [-0.3, -0.25) is 18.1 Å². The normalized spacial score (nSPS) is 39.5. The molecule has 0 aliphatic carbocycles. The molecule has 3 saturated heterocycles. The van der Waals surface area contributed by atoms with E-state index in [9.17, 15) is 29.1 Å². The Morgan fingerprint density at radius 1 is 0.690 bits per heavy atom. The number of phosphoric ester groups is 2. The fourth-order valence-electron chi connectivity index (χ4n) is 5.49. The molecular formula is C24H26N4O12P2. The summed E-state index contributed by atoms with van der Waals surface area (Å²) in [6, 6.07) is 14.1. The van der Waals surface area contributed by atoms with Crippen molar-refractivity contribution >= 4 is 37.7 Å². The lowest BCUT2D eigenvalue weighted by Gasteiger charge is -2.27. The first kappa shape index (κ1) is 28.2. The SMILES string of the molecule is O=P1(O)OC[C@H]2O[C@@H](n3cnc4ccccc43)C(O)[C@H]2OP(=O)(O)OC[C@H]2O[C@@H](n3cnc4ccccc43)[C@@H](O)C2O1. The highest BCUT2D eigenvalue weighted by Gasteiger charge is 2.53. The van der Waals surface area contributed by atoms with E-state index in [0.29, 0.717) is 22.1 Å². The van der Waals surface area contributed by atoms with E-state index in [1.54, 1.807) is 48.5 Å². The highest BCUT2D eigenvalue weighted by atomic mass is 31.2.